The fraction of sp³-hybridized carbons (Fsp3) is 0.333. The standard InChI is InChI=1S/C9H13FN2/c1-9(2,12)6-3-4-7(10)8(11)5-6/h3-5H,11-12H2,1-2H3. The van der Waals surface area contributed by atoms with Gasteiger partial charge in [0.05, 0.1) is 5.69 Å². The summed E-state index contributed by atoms with van der Waals surface area (Å²) >= 11 is 0. The summed E-state index contributed by atoms with van der Waals surface area (Å²) in [6, 6.07) is 4.54. The largest absolute Gasteiger partial charge is 0.396 e. The van der Waals surface area contributed by atoms with E-state index < -0.39 is 11.4 Å². The van der Waals surface area contributed by atoms with E-state index >= 15 is 0 Å². The molecule has 0 heterocycles. The lowest BCUT2D eigenvalue weighted by atomic mass is 9.95. The summed E-state index contributed by atoms with van der Waals surface area (Å²) < 4.78 is 12.7. The van der Waals surface area contributed by atoms with Gasteiger partial charge in [-0.3, -0.25) is 0 Å². The summed E-state index contributed by atoms with van der Waals surface area (Å²) in [5.74, 6) is -0.400. The highest BCUT2D eigenvalue weighted by atomic mass is 19.1. The molecule has 3 heteroatoms. The lowest BCUT2D eigenvalue weighted by Gasteiger charge is -2.19. The summed E-state index contributed by atoms with van der Waals surface area (Å²) in [5, 5.41) is 0. The number of nitrogens with two attached hydrogens (primary N) is 2. The Morgan fingerprint density at radius 2 is 1.92 bits per heavy atom. The van der Waals surface area contributed by atoms with Gasteiger partial charge in [-0.15, -0.1) is 0 Å². The molecule has 12 heavy (non-hydrogen) atoms. The molecule has 0 fully saturated rings. The molecule has 0 radical (unpaired) electrons. The minimum atomic E-state index is -0.470. The summed E-state index contributed by atoms with van der Waals surface area (Å²) in [5.41, 5.74) is 11.7. The van der Waals surface area contributed by atoms with Crippen LogP contribution in [0.25, 0.3) is 0 Å². The molecule has 0 atom stereocenters. The number of benzene rings is 1. The van der Waals surface area contributed by atoms with Crippen LogP contribution >= 0.6 is 0 Å². The third kappa shape index (κ3) is 1.74. The molecule has 0 aliphatic rings. The molecule has 66 valence electrons. The van der Waals surface area contributed by atoms with Crippen molar-refractivity contribution in [2.24, 2.45) is 5.73 Å². The first kappa shape index (κ1) is 9.00. The molecular formula is C9H13FN2. The van der Waals surface area contributed by atoms with Crippen LogP contribution in [0.2, 0.25) is 0 Å². The van der Waals surface area contributed by atoms with Gasteiger partial charge in [0.15, 0.2) is 0 Å². The average Bonchev–Trinajstić information content (AvgIpc) is 1.92. The van der Waals surface area contributed by atoms with E-state index in [1.807, 2.05) is 13.8 Å². The molecule has 0 saturated carbocycles. The second kappa shape index (κ2) is 2.75. The van der Waals surface area contributed by atoms with Crippen LogP contribution in [0.4, 0.5) is 10.1 Å². The fourth-order valence-corrected chi connectivity index (χ4v) is 0.945. The van der Waals surface area contributed by atoms with Crippen LogP contribution in [0.3, 0.4) is 0 Å². The first-order chi connectivity index (χ1) is 5.41. The molecule has 1 rings (SSSR count). The van der Waals surface area contributed by atoms with E-state index in [9.17, 15) is 4.39 Å². The normalized spacial score (nSPS) is 11.7. The maximum absolute atomic E-state index is 12.7. The third-order valence-corrected chi connectivity index (χ3v) is 1.74. The van der Waals surface area contributed by atoms with Gasteiger partial charge in [-0.25, -0.2) is 4.39 Å². The van der Waals surface area contributed by atoms with Gasteiger partial charge in [0.1, 0.15) is 5.82 Å². The first-order valence-corrected chi connectivity index (χ1v) is 3.75. The Bertz CT molecular complexity index is 289. The number of halogens is 1. The van der Waals surface area contributed by atoms with E-state index in [1.54, 1.807) is 12.1 Å². The maximum Gasteiger partial charge on any atom is 0.146 e. The van der Waals surface area contributed by atoms with E-state index in [-0.39, 0.29) is 5.69 Å². The molecule has 0 aliphatic heterocycles. The van der Waals surface area contributed by atoms with Gasteiger partial charge in [-0.1, -0.05) is 6.07 Å². The van der Waals surface area contributed by atoms with Crippen LogP contribution in [0.15, 0.2) is 18.2 Å². The summed E-state index contributed by atoms with van der Waals surface area (Å²) in [7, 11) is 0. The number of hydrogen-bond acceptors (Lipinski definition) is 2. The molecule has 2 nitrogen and oxygen atoms in total. The van der Waals surface area contributed by atoms with Crippen molar-refractivity contribution in [3.63, 3.8) is 0 Å². The van der Waals surface area contributed by atoms with E-state index in [0.29, 0.717) is 0 Å². The SMILES string of the molecule is CC(C)(N)c1ccc(F)c(N)c1. The number of anilines is 1. The van der Waals surface area contributed by atoms with Gasteiger partial charge >= 0.3 is 0 Å². The van der Waals surface area contributed by atoms with Crippen molar-refractivity contribution in [3.8, 4) is 0 Å². The second-order valence-corrected chi connectivity index (χ2v) is 3.46. The molecule has 0 aliphatic carbocycles. The topological polar surface area (TPSA) is 52.0 Å². The van der Waals surface area contributed by atoms with Crippen LogP contribution in [-0.2, 0) is 5.54 Å². The van der Waals surface area contributed by atoms with Gasteiger partial charge < -0.3 is 11.5 Å². The third-order valence-electron chi connectivity index (χ3n) is 1.74. The first-order valence-electron chi connectivity index (χ1n) is 3.75. The highest BCUT2D eigenvalue weighted by molar-refractivity contribution is 5.44. The molecule has 1 aromatic carbocycles. The van der Waals surface area contributed by atoms with Crippen molar-refractivity contribution in [2.75, 3.05) is 5.73 Å². The van der Waals surface area contributed by atoms with Crippen LogP contribution in [0.1, 0.15) is 19.4 Å². The fourth-order valence-electron chi connectivity index (χ4n) is 0.945. The quantitative estimate of drug-likeness (QED) is 0.626. The predicted octanol–water partition coefficient (Wildman–Crippen LogP) is 1.60. The average molecular weight is 168 g/mol. The number of nitrogen functional groups attached to an aromatic ring is 1. The second-order valence-electron chi connectivity index (χ2n) is 3.46. The monoisotopic (exact) mass is 168 g/mol. The van der Waals surface area contributed by atoms with E-state index in [1.165, 1.54) is 6.07 Å². The minimum Gasteiger partial charge on any atom is -0.396 e. The molecule has 0 bridgehead atoms. The van der Waals surface area contributed by atoms with Crippen molar-refractivity contribution < 1.29 is 4.39 Å². The number of rotatable bonds is 1. The molecule has 0 aromatic heterocycles. The Morgan fingerprint density at radius 1 is 1.33 bits per heavy atom. The van der Waals surface area contributed by atoms with E-state index in [0.717, 1.165) is 5.56 Å². The highest BCUT2D eigenvalue weighted by Crippen LogP contribution is 2.20. The lowest BCUT2D eigenvalue weighted by molar-refractivity contribution is 0.551. The van der Waals surface area contributed by atoms with E-state index in [2.05, 4.69) is 0 Å². The molecule has 0 amide bonds. The van der Waals surface area contributed by atoms with Crippen LogP contribution in [0, 0.1) is 5.82 Å². The Labute approximate surface area is 71.4 Å². The van der Waals surface area contributed by atoms with Crippen LogP contribution < -0.4 is 11.5 Å². The van der Waals surface area contributed by atoms with Crippen molar-refractivity contribution in [3.05, 3.63) is 29.6 Å². The molecule has 0 spiro atoms. The molecular weight excluding hydrogens is 155 g/mol. The molecule has 4 N–H and O–H groups in total. The van der Waals surface area contributed by atoms with Crippen molar-refractivity contribution >= 4 is 5.69 Å². The van der Waals surface area contributed by atoms with Gasteiger partial charge in [0.25, 0.3) is 0 Å². The maximum atomic E-state index is 12.7. The van der Waals surface area contributed by atoms with Gasteiger partial charge in [0.2, 0.25) is 0 Å². The van der Waals surface area contributed by atoms with Crippen molar-refractivity contribution in [1.29, 1.82) is 0 Å². The summed E-state index contributed by atoms with van der Waals surface area (Å²) in [4.78, 5) is 0. The van der Waals surface area contributed by atoms with Crippen LogP contribution in [0.5, 0.6) is 0 Å². The Hall–Kier alpha value is -1.09. The van der Waals surface area contributed by atoms with Crippen molar-refractivity contribution in [1.82, 2.24) is 0 Å². The molecule has 0 unspecified atom stereocenters. The molecule has 0 saturated heterocycles. The smallest absolute Gasteiger partial charge is 0.146 e. The Balaban J connectivity index is 3.14. The zero-order valence-corrected chi connectivity index (χ0v) is 7.26. The summed E-state index contributed by atoms with van der Waals surface area (Å²) in [6.07, 6.45) is 0. The Kier molecular flexibility index (Phi) is 2.06. The van der Waals surface area contributed by atoms with Gasteiger partial charge in [-0.05, 0) is 31.5 Å². The Morgan fingerprint density at radius 3 is 2.33 bits per heavy atom. The minimum absolute atomic E-state index is 0.144. The highest BCUT2D eigenvalue weighted by Gasteiger charge is 2.14. The van der Waals surface area contributed by atoms with Gasteiger partial charge in [-0.2, -0.15) is 0 Å². The zero-order valence-electron chi connectivity index (χ0n) is 7.26. The molecule has 1 aromatic rings. The van der Waals surface area contributed by atoms with Gasteiger partial charge in [0, 0.05) is 5.54 Å². The summed E-state index contributed by atoms with van der Waals surface area (Å²) in [6.45, 7) is 3.69. The van der Waals surface area contributed by atoms with E-state index in [4.69, 9.17) is 11.5 Å². The lowest BCUT2D eigenvalue weighted by Crippen LogP contribution is -2.28. The zero-order chi connectivity index (χ0) is 9.35. The number of hydrogen-bond donors (Lipinski definition) is 2. The van der Waals surface area contributed by atoms with Crippen LogP contribution in [-0.4, -0.2) is 0 Å². The predicted molar refractivity (Wildman–Crippen MR) is 48.0 cm³/mol. The van der Waals surface area contributed by atoms with Crippen molar-refractivity contribution in [2.45, 2.75) is 19.4 Å².